The van der Waals surface area contributed by atoms with Crippen LogP contribution in [0, 0.1) is 11.3 Å². The molecule has 0 spiro atoms. The third kappa shape index (κ3) is 5.38. The molecule has 0 aliphatic heterocycles. The van der Waals surface area contributed by atoms with E-state index in [1.807, 2.05) is 13.8 Å². The molecule has 0 unspecified atom stereocenters. The van der Waals surface area contributed by atoms with Gasteiger partial charge < -0.3 is 10.0 Å². The Labute approximate surface area is 112 Å². The maximum atomic E-state index is 11.0. The minimum Gasteiger partial charge on any atom is -0.481 e. The van der Waals surface area contributed by atoms with Crippen molar-refractivity contribution in [2.75, 3.05) is 13.1 Å². The van der Waals surface area contributed by atoms with Crippen molar-refractivity contribution in [1.82, 2.24) is 4.90 Å². The van der Waals surface area contributed by atoms with E-state index < -0.39 is 11.4 Å². The lowest BCUT2D eigenvalue weighted by Crippen LogP contribution is -2.31. The molecule has 1 N–H and O–H groups in total. The van der Waals surface area contributed by atoms with Gasteiger partial charge in [-0.25, -0.2) is 0 Å². The Hall–Kier alpha value is -0.570. The second-order valence-electron chi connectivity index (χ2n) is 6.77. The summed E-state index contributed by atoms with van der Waals surface area (Å²) in [6.07, 6.45) is 5.63. The summed E-state index contributed by atoms with van der Waals surface area (Å²) in [5.41, 5.74) is -0.567. The summed E-state index contributed by atoms with van der Waals surface area (Å²) in [5.74, 6) is 0.0461. The number of unbranched alkanes of at least 4 members (excludes halogenated alkanes) is 1. The van der Waals surface area contributed by atoms with Gasteiger partial charge in [0.1, 0.15) is 0 Å². The third-order valence-electron chi connectivity index (χ3n) is 3.74. The topological polar surface area (TPSA) is 40.5 Å². The lowest BCUT2D eigenvalue weighted by Gasteiger charge is -2.25. The highest BCUT2D eigenvalue weighted by atomic mass is 16.4. The number of carboxylic acid groups (broad SMARTS) is 1. The molecule has 1 aliphatic carbocycles. The predicted octanol–water partition coefficient (Wildman–Crippen LogP) is 3.39. The minimum atomic E-state index is -0.677. The molecule has 0 radical (unpaired) electrons. The van der Waals surface area contributed by atoms with Gasteiger partial charge in [-0.15, -0.1) is 0 Å². The van der Waals surface area contributed by atoms with E-state index in [1.54, 1.807) is 0 Å². The summed E-state index contributed by atoms with van der Waals surface area (Å²) in [6.45, 7) is 10.5. The molecule has 0 aromatic rings. The van der Waals surface area contributed by atoms with Gasteiger partial charge in [-0.2, -0.15) is 0 Å². The average Bonchev–Trinajstić information content (AvgIpc) is 3.05. The van der Waals surface area contributed by atoms with Crippen LogP contribution in [-0.4, -0.2) is 35.1 Å². The first-order valence-electron chi connectivity index (χ1n) is 7.30. The summed E-state index contributed by atoms with van der Waals surface area (Å²) in [4.78, 5) is 13.6. The molecule has 3 heteroatoms. The standard InChI is InChI=1S/C15H29NO2/c1-12(2)11-16(13-7-8-13)10-6-5-9-15(3,4)14(17)18/h12-13H,5-11H2,1-4H3,(H,17,18). The second-order valence-corrected chi connectivity index (χ2v) is 6.77. The van der Waals surface area contributed by atoms with E-state index in [1.165, 1.54) is 19.4 Å². The summed E-state index contributed by atoms with van der Waals surface area (Å²) in [6, 6.07) is 0.819. The van der Waals surface area contributed by atoms with Crippen LogP contribution in [0.1, 0.15) is 59.8 Å². The number of carboxylic acids is 1. The van der Waals surface area contributed by atoms with Crippen molar-refractivity contribution in [2.24, 2.45) is 11.3 Å². The molecule has 0 aromatic heterocycles. The first-order chi connectivity index (χ1) is 8.33. The van der Waals surface area contributed by atoms with E-state index in [0.29, 0.717) is 0 Å². The molecule has 0 atom stereocenters. The van der Waals surface area contributed by atoms with Gasteiger partial charge in [-0.3, -0.25) is 4.79 Å². The fraction of sp³-hybridized carbons (Fsp3) is 0.933. The zero-order valence-electron chi connectivity index (χ0n) is 12.4. The first kappa shape index (κ1) is 15.5. The van der Waals surface area contributed by atoms with Gasteiger partial charge >= 0.3 is 5.97 Å². The number of rotatable bonds is 9. The van der Waals surface area contributed by atoms with Gasteiger partial charge in [0.25, 0.3) is 0 Å². The molecule has 18 heavy (non-hydrogen) atoms. The van der Waals surface area contributed by atoms with Crippen molar-refractivity contribution >= 4 is 5.97 Å². The number of hydrogen-bond acceptors (Lipinski definition) is 2. The van der Waals surface area contributed by atoms with Gasteiger partial charge in [-0.1, -0.05) is 20.3 Å². The Morgan fingerprint density at radius 3 is 2.39 bits per heavy atom. The van der Waals surface area contributed by atoms with Crippen molar-refractivity contribution in [2.45, 2.75) is 65.8 Å². The average molecular weight is 255 g/mol. The molecule has 0 bridgehead atoms. The summed E-state index contributed by atoms with van der Waals surface area (Å²) in [5, 5.41) is 9.06. The van der Waals surface area contributed by atoms with E-state index in [2.05, 4.69) is 18.7 Å². The summed E-state index contributed by atoms with van der Waals surface area (Å²) >= 11 is 0. The van der Waals surface area contributed by atoms with E-state index in [9.17, 15) is 4.79 Å². The van der Waals surface area contributed by atoms with Crippen LogP contribution < -0.4 is 0 Å². The van der Waals surface area contributed by atoms with Crippen LogP contribution in [0.15, 0.2) is 0 Å². The van der Waals surface area contributed by atoms with Crippen molar-refractivity contribution in [3.8, 4) is 0 Å². The zero-order valence-corrected chi connectivity index (χ0v) is 12.4. The molecule has 0 heterocycles. The van der Waals surface area contributed by atoms with Crippen molar-refractivity contribution in [1.29, 1.82) is 0 Å². The van der Waals surface area contributed by atoms with Gasteiger partial charge in [-0.05, 0) is 52.0 Å². The van der Waals surface area contributed by atoms with Crippen LogP contribution >= 0.6 is 0 Å². The summed E-state index contributed by atoms with van der Waals surface area (Å²) < 4.78 is 0. The second kappa shape index (κ2) is 6.55. The van der Waals surface area contributed by atoms with Crippen molar-refractivity contribution < 1.29 is 9.90 Å². The molecule has 0 amide bonds. The lowest BCUT2D eigenvalue weighted by atomic mass is 9.87. The maximum absolute atomic E-state index is 11.0. The molecular weight excluding hydrogens is 226 g/mol. The number of carbonyl (C=O) groups is 1. The van der Waals surface area contributed by atoms with Crippen LogP contribution in [0.4, 0.5) is 0 Å². The maximum Gasteiger partial charge on any atom is 0.309 e. The molecule has 1 rings (SSSR count). The fourth-order valence-electron chi connectivity index (χ4n) is 2.32. The Balaban J connectivity index is 2.21. The monoisotopic (exact) mass is 255 g/mol. The third-order valence-corrected chi connectivity index (χ3v) is 3.74. The Morgan fingerprint density at radius 2 is 1.94 bits per heavy atom. The Kier molecular flexibility index (Phi) is 5.64. The van der Waals surface area contributed by atoms with E-state index >= 15 is 0 Å². The van der Waals surface area contributed by atoms with Gasteiger partial charge in [0.05, 0.1) is 5.41 Å². The van der Waals surface area contributed by atoms with Crippen LogP contribution in [0.25, 0.3) is 0 Å². The van der Waals surface area contributed by atoms with Crippen LogP contribution in [0.3, 0.4) is 0 Å². The number of nitrogens with zero attached hydrogens (tertiary/aromatic N) is 1. The molecule has 0 aromatic carbocycles. The minimum absolute atomic E-state index is 0.567. The Morgan fingerprint density at radius 1 is 1.33 bits per heavy atom. The van der Waals surface area contributed by atoms with Gasteiger partial charge in [0, 0.05) is 12.6 Å². The first-order valence-corrected chi connectivity index (χ1v) is 7.30. The SMILES string of the molecule is CC(C)CN(CCCCC(C)(C)C(=O)O)C1CC1. The van der Waals surface area contributed by atoms with E-state index in [4.69, 9.17) is 5.11 Å². The lowest BCUT2D eigenvalue weighted by molar-refractivity contribution is -0.147. The van der Waals surface area contributed by atoms with Crippen LogP contribution in [0.2, 0.25) is 0 Å². The fourth-order valence-corrected chi connectivity index (χ4v) is 2.32. The predicted molar refractivity (Wildman–Crippen MR) is 74.7 cm³/mol. The molecule has 0 saturated heterocycles. The zero-order chi connectivity index (χ0) is 13.8. The van der Waals surface area contributed by atoms with Gasteiger partial charge in [0.15, 0.2) is 0 Å². The highest BCUT2D eigenvalue weighted by Gasteiger charge is 2.29. The highest BCUT2D eigenvalue weighted by molar-refractivity contribution is 5.73. The molecular formula is C15H29NO2. The van der Waals surface area contributed by atoms with E-state index in [-0.39, 0.29) is 0 Å². The molecule has 106 valence electrons. The molecule has 3 nitrogen and oxygen atoms in total. The van der Waals surface area contributed by atoms with Crippen LogP contribution in [0.5, 0.6) is 0 Å². The number of aliphatic carboxylic acids is 1. The van der Waals surface area contributed by atoms with Gasteiger partial charge in [0.2, 0.25) is 0 Å². The summed E-state index contributed by atoms with van der Waals surface area (Å²) in [7, 11) is 0. The Bertz CT molecular complexity index is 270. The normalized spacial score (nSPS) is 16.6. The van der Waals surface area contributed by atoms with Crippen molar-refractivity contribution in [3.05, 3.63) is 0 Å². The molecule has 1 fully saturated rings. The number of hydrogen-bond donors (Lipinski definition) is 1. The molecule has 1 saturated carbocycles. The van der Waals surface area contributed by atoms with Crippen LogP contribution in [-0.2, 0) is 4.79 Å². The van der Waals surface area contributed by atoms with E-state index in [0.717, 1.165) is 37.8 Å². The van der Waals surface area contributed by atoms with Crippen molar-refractivity contribution in [3.63, 3.8) is 0 Å². The smallest absolute Gasteiger partial charge is 0.309 e. The highest BCUT2D eigenvalue weighted by Crippen LogP contribution is 2.28. The largest absolute Gasteiger partial charge is 0.481 e. The molecule has 1 aliphatic rings. The quantitative estimate of drug-likeness (QED) is 0.642.